The highest BCUT2D eigenvalue weighted by Gasteiger charge is 2.44. The van der Waals surface area contributed by atoms with Crippen molar-refractivity contribution < 1.29 is 9.90 Å². The first-order chi connectivity index (χ1) is 12.7. The van der Waals surface area contributed by atoms with Gasteiger partial charge >= 0.3 is 5.97 Å². The number of piperidine rings is 1. The van der Waals surface area contributed by atoms with Crippen LogP contribution in [-0.2, 0) is 10.3 Å². The molecule has 7 heteroatoms. The van der Waals surface area contributed by atoms with Crippen LogP contribution in [0.4, 0.5) is 5.82 Å². The first-order valence-corrected chi connectivity index (χ1v) is 8.42. The number of aliphatic carboxylic acids is 1. The molecule has 0 unspecified atom stereocenters. The molecule has 0 atom stereocenters. The van der Waals surface area contributed by atoms with Gasteiger partial charge < -0.3 is 14.6 Å². The van der Waals surface area contributed by atoms with Gasteiger partial charge in [-0.25, -0.2) is 14.8 Å². The quantitative estimate of drug-likeness (QED) is 0.781. The summed E-state index contributed by atoms with van der Waals surface area (Å²) in [6.45, 7) is 1.01. The van der Waals surface area contributed by atoms with E-state index in [0.717, 1.165) is 11.0 Å². The molecule has 0 spiro atoms. The summed E-state index contributed by atoms with van der Waals surface area (Å²) in [6, 6.07) is 13.2. The first kappa shape index (κ1) is 16.1. The molecule has 1 fully saturated rings. The number of hydrogen-bond acceptors (Lipinski definition) is 5. The fourth-order valence-electron chi connectivity index (χ4n) is 3.68. The predicted molar refractivity (Wildman–Crippen MR) is 95.7 cm³/mol. The predicted octanol–water partition coefficient (Wildman–Crippen LogP) is 2.38. The molecule has 1 aromatic carbocycles. The van der Waals surface area contributed by atoms with Crippen LogP contribution >= 0.6 is 0 Å². The van der Waals surface area contributed by atoms with E-state index in [9.17, 15) is 15.2 Å². The van der Waals surface area contributed by atoms with Crippen molar-refractivity contribution in [3.05, 3.63) is 54.5 Å². The number of aromatic nitrogens is 3. The molecule has 7 nitrogen and oxygen atoms in total. The van der Waals surface area contributed by atoms with E-state index >= 15 is 0 Å². The molecule has 4 rings (SSSR count). The van der Waals surface area contributed by atoms with E-state index in [1.54, 1.807) is 29.2 Å². The summed E-state index contributed by atoms with van der Waals surface area (Å²) >= 11 is 0. The van der Waals surface area contributed by atoms with Crippen molar-refractivity contribution in [2.45, 2.75) is 18.4 Å². The van der Waals surface area contributed by atoms with Crippen LogP contribution in [0.2, 0.25) is 0 Å². The summed E-state index contributed by atoms with van der Waals surface area (Å²) in [4.78, 5) is 22.9. The molecule has 1 aliphatic heterocycles. The van der Waals surface area contributed by atoms with Gasteiger partial charge in [-0.1, -0.05) is 12.1 Å². The maximum Gasteiger partial charge on any atom is 0.330 e. The number of benzene rings is 1. The molecular weight excluding hydrogens is 330 g/mol. The van der Waals surface area contributed by atoms with Crippen molar-refractivity contribution in [1.82, 2.24) is 14.5 Å². The Hall–Kier alpha value is -3.40. The maximum atomic E-state index is 12.2. The van der Waals surface area contributed by atoms with E-state index in [2.05, 4.69) is 16.0 Å². The van der Waals surface area contributed by atoms with E-state index in [0.29, 0.717) is 37.3 Å². The van der Waals surface area contributed by atoms with Crippen molar-refractivity contribution >= 4 is 22.8 Å². The van der Waals surface area contributed by atoms with Crippen molar-refractivity contribution in [3.8, 4) is 6.07 Å². The molecule has 1 saturated heterocycles. The zero-order valence-corrected chi connectivity index (χ0v) is 14.0. The second-order valence-electron chi connectivity index (χ2n) is 6.41. The van der Waals surface area contributed by atoms with Crippen molar-refractivity contribution in [1.29, 1.82) is 5.26 Å². The average molecular weight is 347 g/mol. The van der Waals surface area contributed by atoms with Gasteiger partial charge in [0, 0.05) is 19.3 Å². The molecule has 1 aliphatic rings. The summed E-state index contributed by atoms with van der Waals surface area (Å²) in [5, 5.41) is 19.3. The number of rotatable bonds is 3. The van der Waals surface area contributed by atoms with Crippen LogP contribution in [-0.4, -0.2) is 38.7 Å². The number of pyridine rings is 1. The van der Waals surface area contributed by atoms with Gasteiger partial charge in [0.05, 0.1) is 22.9 Å². The van der Waals surface area contributed by atoms with Gasteiger partial charge in [0.2, 0.25) is 0 Å². The topological polar surface area (TPSA) is 95.0 Å². The summed E-state index contributed by atoms with van der Waals surface area (Å²) < 4.78 is 1.78. The monoisotopic (exact) mass is 347 g/mol. The number of imidazole rings is 1. The Kier molecular flexibility index (Phi) is 3.81. The Labute approximate surface area is 150 Å². The molecule has 0 amide bonds. The summed E-state index contributed by atoms with van der Waals surface area (Å²) in [6.07, 6.45) is 4.09. The van der Waals surface area contributed by atoms with Crippen LogP contribution < -0.4 is 4.90 Å². The Balaban J connectivity index is 1.69. The number of para-hydroxylation sites is 2. The number of hydrogen-bond donors (Lipinski definition) is 1. The number of carboxylic acid groups (broad SMARTS) is 1. The zero-order chi connectivity index (χ0) is 18.1. The second-order valence-corrected chi connectivity index (χ2v) is 6.41. The molecular formula is C19H17N5O2. The first-order valence-electron chi connectivity index (χ1n) is 8.42. The Morgan fingerprint density at radius 1 is 1.15 bits per heavy atom. The number of nitriles is 1. The highest BCUT2D eigenvalue weighted by molar-refractivity contribution is 5.83. The lowest BCUT2D eigenvalue weighted by atomic mass is 9.86. The number of fused-ring (bicyclic) bond motifs is 1. The lowest BCUT2D eigenvalue weighted by Gasteiger charge is -2.40. The molecule has 2 aromatic heterocycles. The minimum atomic E-state index is -1.05. The minimum absolute atomic E-state index is 0.407. The lowest BCUT2D eigenvalue weighted by molar-refractivity contribution is -0.148. The molecule has 3 heterocycles. The number of nitrogens with zero attached hydrogens (tertiary/aromatic N) is 5. The summed E-state index contributed by atoms with van der Waals surface area (Å²) in [5.74, 6) is -0.244. The molecule has 0 aliphatic carbocycles. The van der Waals surface area contributed by atoms with E-state index in [1.807, 2.05) is 29.2 Å². The molecule has 0 radical (unpaired) electrons. The largest absolute Gasteiger partial charge is 0.479 e. The van der Waals surface area contributed by atoms with Gasteiger partial charge in [0.15, 0.2) is 0 Å². The van der Waals surface area contributed by atoms with Crippen LogP contribution in [0.25, 0.3) is 11.0 Å². The van der Waals surface area contributed by atoms with Gasteiger partial charge in [0.1, 0.15) is 17.4 Å². The van der Waals surface area contributed by atoms with Crippen LogP contribution in [0.3, 0.4) is 0 Å². The van der Waals surface area contributed by atoms with Gasteiger partial charge in [-0.3, -0.25) is 0 Å². The van der Waals surface area contributed by atoms with Gasteiger partial charge in [-0.15, -0.1) is 0 Å². The number of anilines is 1. The fourth-order valence-corrected chi connectivity index (χ4v) is 3.68. The Morgan fingerprint density at radius 3 is 2.65 bits per heavy atom. The van der Waals surface area contributed by atoms with Crippen LogP contribution in [0, 0.1) is 11.3 Å². The Bertz CT molecular complexity index is 1010. The summed E-state index contributed by atoms with van der Waals surface area (Å²) in [5.41, 5.74) is 1.06. The third-order valence-corrected chi connectivity index (χ3v) is 5.11. The Morgan fingerprint density at radius 2 is 1.92 bits per heavy atom. The zero-order valence-electron chi connectivity index (χ0n) is 14.0. The van der Waals surface area contributed by atoms with Gasteiger partial charge in [-0.05, 0) is 37.1 Å². The van der Waals surface area contributed by atoms with Gasteiger partial charge in [0.25, 0.3) is 0 Å². The SMILES string of the molecule is N#Cc1cccnc1N1CCC(C(=O)O)(n2cnc3ccccc32)CC1. The van der Waals surface area contributed by atoms with E-state index < -0.39 is 11.5 Å². The van der Waals surface area contributed by atoms with Crippen molar-refractivity contribution in [3.63, 3.8) is 0 Å². The van der Waals surface area contributed by atoms with Crippen molar-refractivity contribution in [2.24, 2.45) is 0 Å². The normalized spacial score (nSPS) is 16.3. The van der Waals surface area contributed by atoms with Crippen LogP contribution in [0.15, 0.2) is 48.9 Å². The molecule has 1 N–H and O–H groups in total. The maximum absolute atomic E-state index is 12.2. The molecule has 0 bridgehead atoms. The van der Waals surface area contributed by atoms with E-state index in [1.165, 1.54) is 0 Å². The third-order valence-electron chi connectivity index (χ3n) is 5.11. The highest BCUT2D eigenvalue weighted by atomic mass is 16.4. The van der Waals surface area contributed by atoms with Gasteiger partial charge in [-0.2, -0.15) is 5.26 Å². The number of carboxylic acids is 1. The van der Waals surface area contributed by atoms with Crippen LogP contribution in [0.1, 0.15) is 18.4 Å². The highest BCUT2D eigenvalue weighted by Crippen LogP contribution is 2.35. The lowest BCUT2D eigenvalue weighted by Crippen LogP contribution is -2.51. The average Bonchev–Trinajstić information content (AvgIpc) is 3.12. The molecule has 130 valence electrons. The minimum Gasteiger partial charge on any atom is -0.479 e. The third kappa shape index (κ3) is 2.39. The van der Waals surface area contributed by atoms with E-state index in [-0.39, 0.29) is 0 Å². The van der Waals surface area contributed by atoms with Crippen molar-refractivity contribution in [2.75, 3.05) is 18.0 Å². The fraction of sp³-hybridized carbons (Fsp3) is 0.263. The second kappa shape index (κ2) is 6.15. The smallest absolute Gasteiger partial charge is 0.330 e. The molecule has 3 aromatic rings. The standard InChI is InChI=1S/C19H17N5O2/c20-12-14-4-3-9-21-17(14)23-10-7-19(8-11-23,18(25)26)24-13-22-15-5-1-2-6-16(15)24/h1-6,9,13H,7-8,10-11H2,(H,25,26). The molecule has 26 heavy (non-hydrogen) atoms. The van der Waals surface area contributed by atoms with Crippen LogP contribution in [0.5, 0.6) is 0 Å². The van der Waals surface area contributed by atoms with E-state index in [4.69, 9.17) is 0 Å². The summed E-state index contributed by atoms with van der Waals surface area (Å²) in [7, 11) is 0. The molecule has 0 saturated carbocycles. The number of carbonyl (C=O) groups is 1.